The van der Waals surface area contributed by atoms with Crippen molar-refractivity contribution in [2.75, 3.05) is 31.5 Å². The molecule has 19 nitrogen and oxygen atoms in total. The summed E-state index contributed by atoms with van der Waals surface area (Å²) < 4.78 is 53.5. The summed E-state index contributed by atoms with van der Waals surface area (Å²) >= 11 is 14.8. The molecule has 256 valence electrons. The Balaban J connectivity index is 1.21. The van der Waals surface area contributed by atoms with Crippen LogP contribution in [0.3, 0.4) is 0 Å². The van der Waals surface area contributed by atoms with Crippen LogP contribution in [0.4, 0.5) is 16.2 Å². The number of aliphatic hydroxyl groups excluding tert-OH is 1. The fourth-order valence-corrected chi connectivity index (χ4v) is 7.64. The molecule has 2 unspecified atom stereocenters. The minimum absolute atomic E-state index is 0.00141. The number of nitrogens with one attached hydrogen (secondary N) is 1. The average molecular weight is 755 g/mol. The zero-order valence-electron chi connectivity index (χ0n) is 24.2. The maximum Gasteiger partial charge on any atom is 0.280 e. The van der Waals surface area contributed by atoms with Crippen LogP contribution in [-0.4, -0.2) is 99.1 Å². The predicted octanol–water partition coefficient (Wildman–Crippen LogP) is 0.443. The minimum atomic E-state index is -3.57. The van der Waals surface area contributed by atoms with Gasteiger partial charge in [0.05, 0.1) is 31.5 Å². The van der Waals surface area contributed by atoms with Crippen molar-refractivity contribution in [2.45, 2.75) is 55.9 Å². The van der Waals surface area contributed by atoms with E-state index in [0.717, 1.165) is 0 Å². The molecule has 4 aromatic rings. The monoisotopic (exact) mass is 754 g/mol. The number of H-pyrrole nitrogens is 1. The van der Waals surface area contributed by atoms with Crippen LogP contribution < -0.4 is 17.0 Å². The van der Waals surface area contributed by atoms with Gasteiger partial charge in [-0.25, -0.2) is 24.3 Å². The molecule has 2 aliphatic rings. The molecule has 0 aliphatic carbocycles. The Morgan fingerprint density at radius 3 is 2.68 bits per heavy atom. The van der Waals surface area contributed by atoms with Gasteiger partial charge in [0, 0.05) is 6.42 Å². The zero-order chi connectivity index (χ0) is 33.7. The van der Waals surface area contributed by atoms with Crippen LogP contribution >= 0.6 is 25.1 Å². The van der Waals surface area contributed by atoms with E-state index in [-0.39, 0.29) is 42.8 Å². The van der Waals surface area contributed by atoms with E-state index >= 15 is 4.39 Å². The van der Waals surface area contributed by atoms with Gasteiger partial charge >= 0.3 is 0 Å². The third-order valence-electron chi connectivity index (χ3n) is 7.44. The first-order valence-corrected chi connectivity index (χ1v) is 19.9. The van der Waals surface area contributed by atoms with E-state index in [1.54, 1.807) is 11.5 Å². The number of halogens is 1. The molecule has 0 radical (unpaired) electrons. The van der Waals surface area contributed by atoms with Crippen molar-refractivity contribution in [3.63, 3.8) is 0 Å². The molecule has 2 fully saturated rings. The van der Waals surface area contributed by atoms with Gasteiger partial charge in [-0.3, -0.25) is 18.9 Å². The van der Waals surface area contributed by atoms with E-state index in [1.165, 1.54) is 23.5 Å². The Hall–Kier alpha value is -2.24. The van der Waals surface area contributed by atoms with Crippen molar-refractivity contribution in [3.8, 4) is 0 Å². The van der Waals surface area contributed by atoms with Crippen LogP contribution in [0.2, 0.25) is 0 Å². The zero-order valence-corrected chi connectivity index (χ0v) is 28.6. The fourth-order valence-electron chi connectivity index (χ4n) is 5.35. The normalized spacial score (nSPS) is 29.9. The van der Waals surface area contributed by atoms with Gasteiger partial charge in [-0.05, 0) is 30.5 Å². The lowest BCUT2D eigenvalue weighted by molar-refractivity contribution is -0.117. The van der Waals surface area contributed by atoms with Crippen molar-refractivity contribution in [2.24, 2.45) is 0 Å². The number of ether oxygens (including phenoxy) is 3. The first-order chi connectivity index (χ1) is 22.3. The van der Waals surface area contributed by atoms with Crippen LogP contribution in [0.15, 0.2) is 23.8 Å². The van der Waals surface area contributed by atoms with Gasteiger partial charge in [-0.1, -0.05) is 12.2 Å². The van der Waals surface area contributed by atoms with E-state index < -0.39 is 67.6 Å². The minimum Gasteiger partial charge on any atom is -0.394 e. The Morgan fingerprint density at radius 1 is 1.23 bits per heavy atom. The smallest absolute Gasteiger partial charge is 0.280 e. The molecular weight excluding hydrogens is 725 g/mol. The molecule has 0 bridgehead atoms. The number of thiol groups is 1. The summed E-state index contributed by atoms with van der Waals surface area (Å²) in [6.45, 7) is 0.551. The molecular formula is C22H29FN10O9P2S3. The number of fused-ring (bicyclic) bond motifs is 2. The number of rotatable bonds is 12. The first-order valence-electron chi connectivity index (χ1n) is 13.7. The molecule has 2 saturated heterocycles. The number of alkyl halides is 1. The summed E-state index contributed by atoms with van der Waals surface area (Å²) in [5.41, 5.74) is 7.06. The van der Waals surface area contributed by atoms with E-state index in [4.69, 9.17) is 62.9 Å². The molecule has 9 atom stereocenters. The molecule has 6 heterocycles. The second-order valence-electron chi connectivity index (χ2n) is 10.8. The summed E-state index contributed by atoms with van der Waals surface area (Å²) in [7, 11) is -2.44. The highest BCUT2D eigenvalue weighted by molar-refractivity contribution is 8.60. The van der Waals surface area contributed by atoms with Crippen LogP contribution in [0.5, 0.6) is 0 Å². The van der Waals surface area contributed by atoms with Gasteiger partial charge in [0.1, 0.15) is 30.2 Å². The Labute approximate surface area is 280 Å². The maximum absolute atomic E-state index is 15.6. The van der Waals surface area contributed by atoms with E-state index in [2.05, 4.69) is 42.2 Å². The average Bonchev–Trinajstić information content (AvgIpc) is 3.77. The standard InChI is InChI=1S/C22H29FN10O9P2S3/c1-22(2-9(37-8-38-43(36)45)19(41-22)32-6-28-12-15(24)26-5-27-16(12)32)4-39-44(46,47)42-14-11(23)10(3-34)40-20(14)33-7-29-13-17(33)30-21(25)31-18(13)35/h5-7,9-11,14,19-20,34,43H,2-4,8H2,1H3,(H,36,45)(H,46,47)(H2,24,26,27)(H3,25,30,31,35)/t9-,10-,11+,14-,19-,20-,22-/m1/s1. The van der Waals surface area contributed by atoms with E-state index in [0.29, 0.717) is 11.2 Å². The lowest BCUT2D eigenvalue weighted by Gasteiger charge is -2.30. The molecule has 6 rings (SSSR count). The fraction of sp³-hybridized carbons (Fsp3) is 0.545. The molecule has 0 spiro atoms. The van der Waals surface area contributed by atoms with E-state index in [1.807, 2.05) is 0 Å². The number of hydrogen-bond donors (Lipinski definition) is 6. The summed E-state index contributed by atoms with van der Waals surface area (Å²) in [6, 6.07) is 0. The van der Waals surface area contributed by atoms with Crippen LogP contribution in [-0.2, 0) is 51.4 Å². The number of aromatic amines is 1. The molecule has 0 aromatic carbocycles. The topological polar surface area (TPSA) is 255 Å². The summed E-state index contributed by atoms with van der Waals surface area (Å²) in [6.07, 6.45) is -3.24. The first kappa shape index (κ1) is 34.6. The van der Waals surface area contributed by atoms with Gasteiger partial charge < -0.3 is 49.2 Å². The maximum atomic E-state index is 15.6. The third kappa shape index (κ3) is 7.09. The van der Waals surface area contributed by atoms with Crippen molar-refractivity contribution < 1.29 is 42.2 Å². The number of hydrogen-bond acceptors (Lipinski definition) is 17. The van der Waals surface area contributed by atoms with Crippen molar-refractivity contribution in [3.05, 3.63) is 29.3 Å². The second-order valence-corrected chi connectivity index (χ2v) is 17.9. The van der Waals surface area contributed by atoms with Gasteiger partial charge in [0.25, 0.3) is 5.56 Å². The predicted molar refractivity (Wildman–Crippen MR) is 174 cm³/mol. The van der Waals surface area contributed by atoms with Crippen LogP contribution in [0.1, 0.15) is 25.8 Å². The molecule has 2 aliphatic heterocycles. The highest BCUT2D eigenvalue weighted by Crippen LogP contribution is 2.58. The molecule has 0 saturated carbocycles. The molecule has 47 heavy (non-hydrogen) atoms. The van der Waals surface area contributed by atoms with Crippen molar-refractivity contribution >= 4 is 82.8 Å². The number of aromatic nitrogens is 8. The van der Waals surface area contributed by atoms with Gasteiger partial charge in [-0.2, -0.15) is 4.98 Å². The summed E-state index contributed by atoms with van der Waals surface area (Å²) in [5.74, 6) is -0.0278. The van der Waals surface area contributed by atoms with Gasteiger partial charge in [-0.15, -0.1) is 0 Å². The number of imidazole rings is 2. The lowest BCUT2D eigenvalue weighted by atomic mass is 10.0. The van der Waals surface area contributed by atoms with E-state index in [9.17, 15) is 14.8 Å². The van der Waals surface area contributed by atoms with Gasteiger partial charge in [0.15, 0.2) is 55.2 Å². The summed E-state index contributed by atoms with van der Waals surface area (Å²) in [4.78, 5) is 44.7. The van der Waals surface area contributed by atoms with Crippen molar-refractivity contribution in [1.82, 2.24) is 39.0 Å². The number of anilines is 2. The molecule has 0 amide bonds. The number of nitrogens with zero attached hydrogens (tertiary/aromatic N) is 7. The second kappa shape index (κ2) is 13.6. The highest BCUT2D eigenvalue weighted by atomic mass is 32.9. The molecule has 7 N–H and O–H groups in total. The Kier molecular flexibility index (Phi) is 10.0. The number of nitrogen functional groups attached to an aromatic ring is 2. The van der Waals surface area contributed by atoms with Gasteiger partial charge in [0.2, 0.25) is 11.6 Å². The number of aliphatic hydroxyl groups is 1. The lowest BCUT2D eigenvalue weighted by Crippen LogP contribution is -2.33. The largest absolute Gasteiger partial charge is 0.394 e. The van der Waals surface area contributed by atoms with Crippen molar-refractivity contribution in [1.29, 1.82) is 0 Å². The Morgan fingerprint density at radius 2 is 1.96 bits per heavy atom. The number of nitrogens with two attached hydrogens (primary N) is 2. The summed E-state index contributed by atoms with van der Waals surface area (Å²) in [5, 5.41) is 9.77. The Bertz CT molecular complexity index is 1920. The molecule has 4 aromatic heterocycles. The third-order valence-corrected chi connectivity index (χ3v) is 10.3. The van der Waals surface area contributed by atoms with Crippen LogP contribution in [0, 0.1) is 0 Å². The molecule has 25 heteroatoms. The van der Waals surface area contributed by atoms with Crippen LogP contribution in [0.25, 0.3) is 22.3 Å². The highest BCUT2D eigenvalue weighted by Gasteiger charge is 2.51. The SMILES string of the molecule is C[C@]1(COP(=S)(S)O[C@@H]2[C@@H](F)[C@@H](CO)O[C@H]2n2cnc3c(=O)[nH]c(N)nc32)C[C@@H](OCO[PH](O)=S)[C@H](n2cnc3c(N)ncnc32)O1. The quantitative estimate of drug-likeness (QED) is 0.0652.